The maximum absolute atomic E-state index is 12.5. The zero-order valence-electron chi connectivity index (χ0n) is 19.3. The number of carboxylic acids is 1. The molecule has 7 heteroatoms. The average Bonchev–Trinajstić information content (AvgIpc) is 3.23. The van der Waals surface area contributed by atoms with E-state index in [1.807, 2.05) is 20.8 Å². The van der Waals surface area contributed by atoms with Crippen LogP contribution in [0.1, 0.15) is 101 Å². The van der Waals surface area contributed by atoms with Crippen LogP contribution < -0.4 is 0 Å². The number of carbonyl (C=O) groups excluding carboxylic acids is 1. The SMILES string of the molecule is CC(C)(C)OC(=O)C[C@H](CCCC1CCCCC1)c1nc(-c2cccc(C(=O)O)c2)no1. The lowest BCUT2D eigenvalue weighted by atomic mass is 9.84. The van der Waals surface area contributed by atoms with E-state index in [4.69, 9.17) is 9.26 Å². The molecule has 1 aromatic carbocycles. The van der Waals surface area contributed by atoms with Gasteiger partial charge in [-0.1, -0.05) is 62.2 Å². The third-order valence-corrected chi connectivity index (χ3v) is 5.88. The molecule has 3 rings (SSSR count). The van der Waals surface area contributed by atoms with Crippen LogP contribution in [0.3, 0.4) is 0 Å². The number of benzene rings is 1. The fraction of sp³-hybridized carbons (Fsp3) is 0.600. The zero-order chi connectivity index (χ0) is 23.1. The summed E-state index contributed by atoms with van der Waals surface area (Å²) in [6.07, 6.45) is 9.64. The Labute approximate surface area is 189 Å². The van der Waals surface area contributed by atoms with E-state index in [9.17, 15) is 14.7 Å². The van der Waals surface area contributed by atoms with Gasteiger partial charge in [-0.15, -0.1) is 0 Å². The van der Waals surface area contributed by atoms with Gasteiger partial charge in [0.2, 0.25) is 11.7 Å². The van der Waals surface area contributed by atoms with Gasteiger partial charge >= 0.3 is 11.9 Å². The van der Waals surface area contributed by atoms with Crippen LogP contribution in [0.25, 0.3) is 11.4 Å². The molecule has 0 radical (unpaired) electrons. The summed E-state index contributed by atoms with van der Waals surface area (Å²) in [7, 11) is 0. The molecule has 1 N–H and O–H groups in total. The number of carbonyl (C=O) groups is 2. The maximum atomic E-state index is 12.5. The Morgan fingerprint density at radius 3 is 2.66 bits per heavy atom. The molecule has 1 fully saturated rings. The van der Waals surface area contributed by atoms with Crippen molar-refractivity contribution in [3.8, 4) is 11.4 Å². The molecule has 1 aliphatic rings. The zero-order valence-corrected chi connectivity index (χ0v) is 19.3. The Balaban J connectivity index is 1.72. The topological polar surface area (TPSA) is 103 Å². The van der Waals surface area contributed by atoms with E-state index in [-0.39, 0.29) is 23.9 Å². The molecule has 7 nitrogen and oxygen atoms in total. The van der Waals surface area contributed by atoms with Crippen LogP contribution in [0.5, 0.6) is 0 Å². The molecule has 0 unspecified atom stereocenters. The number of hydrogen-bond acceptors (Lipinski definition) is 6. The molecule has 1 atom stereocenters. The number of aromatic carboxylic acids is 1. The first-order chi connectivity index (χ1) is 15.2. The predicted octanol–water partition coefficient (Wildman–Crippen LogP) is 6.00. The van der Waals surface area contributed by atoms with Crippen molar-refractivity contribution in [2.24, 2.45) is 5.92 Å². The average molecular weight is 443 g/mol. The van der Waals surface area contributed by atoms with Gasteiger partial charge in [-0.3, -0.25) is 4.79 Å². The molecular weight excluding hydrogens is 408 g/mol. The molecule has 1 heterocycles. The van der Waals surface area contributed by atoms with E-state index in [1.54, 1.807) is 12.1 Å². The third kappa shape index (κ3) is 7.18. The largest absolute Gasteiger partial charge is 0.478 e. The smallest absolute Gasteiger partial charge is 0.335 e. The highest BCUT2D eigenvalue weighted by atomic mass is 16.6. The number of nitrogens with zero attached hydrogens (tertiary/aromatic N) is 2. The number of carboxylic acid groups (broad SMARTS) is 1. The second kappa shape index (κ2) is 10.7. The van der Waals surface area contributed by atoms with Crippen LogP contribution in [-0.4, -0.2) is 32.8 Å². The molecule has 0 aliphatic heterocycles. The highest BCUT2D eigenvalue weighted by molar-refractivity contribution is 5.89. The van der Waals surface area contributed by atoms with Gasteiger partial charge in [-0.05, 0) is 45.2 Å². The summed E-state index contributed by atoms with van der Waals surface area (Å²) in [6, 6.07) is 6.43. The first-order valence-corrected chi connectivity index (χ1v) is 11.6. The summed E-state index contributed by atoms with van der Waals surface area (Å²) in [4.78, 5) is 28.3. The normalized spacial score (nSPS) is 16.0. The molecule has 2 aromatic rings. The van der Waals surface area contributed by atoms with Crippen molar-refractivity contribution >= 4 is 11.9 Å². The van der Waals surface area contributed by atoms with Crippen LogP contribution in [0.4, 0.5) is 0 Å². The van der Waals surface area contributed by atoms with E-state index in [1.165, 1.54) is 44.2 Å². The van der Waals surface area contributed by atoms with Gasteiger partial charge in [0, 0.05) is 11.5 Å². The minimum Gasteiger partial charge on any atom is -0.478 e. The van der Waals surface area contributed by atoms with Gasteiger partial charge in [0.05, 0.1) is 12.0 Å². The maximum Gasteiger partial charge on any atom is 0.335 e. The molecular formula is C25H34N2O5. The molecule has 174 valence electrons. The van der Waals surface area contributed by atoms with E-state index in [0.29, 0.717) is 17.3 Å². The van der Waals surface area contributed by atoms with Gasteiger partial charge in [-0.25, -0.2) is 4.79 Å². The fourth-order valence-electron chi connectivity index (χ4n) is 4.34. The molecule has 1 saturated carbocycles. The Hall–Kier alpha value is -2.70. The molecule has 0 spiro atoms. The number of hydrogen-bond donors (Lipinski definition) is 1. The molecule has 0 bridgehead atoms. The number of aromatic nitrogens is 2. The van der Waals surface area contributed by atoms with Crippen LogP contribution in [-0.2, 0) is 9.53 Å². The van der Waals surface area contributed by atoms with Gasteiger partial charge in [-0.2, -0.15) is 4.98 Å². The lowest BCUT2D eigenvalue weighted by Gasteiger charge is -2.23. The van der Waals surface area contributed by atoms with Crippen molar-refractivity contribution in [1.82, 2.24) is 10.1 Å². The highest BCUT2D eigenvalue weighted by Gasteiger charge is 2.26. The van der Waals surface area contributed by atoms with Crippen molar-refractivity contribution in [2.75, 3.05) is 0 Å². The van der Waals surface area contributed by atoms with Gasteiger partial charge < -0.3 is 14.4 Å². The van der Waals surface area contributed by atoms with E-state index >= 15 is 0 Å². The van der Waals surface area contributed by atoms with E-state index < -0.39 is 11.6 Å². The Bertz CT molecular complexity index is 909. The lowest BCUT2D eigenvalue weighted by Crippen LogP contribution is -2.25. The first kappa shape index (κ1) is 24.0. The number of ether oxygens (including phenoxy) is 1. The quantitative estimate of drug-likeness (QED) is 0.475. The monoisotopic (exact) mass is 442 g/mol. The summed E-state index contributed by atoms with van der Waals surface area (Å²) in [5.74, 6) is -0.0334. The minimum absolute atomic E-state index is 0.159. The van der Waals surface area contributed by atoms with E-state index in [2.05, 4.69) is 10.1 Å². The van der Waals surface area contributed by atoms with Crippen molar-refractivity contribution < 1.29 is 24.0 Å². The van der Waals surface area contributed by atoms with Crippen molar-refractivity contribution in [3.05, 3.63) is 35.7 Å². The van der Waals surface area contributed by atoms with Crippen molar-refractivity contribution in [1.29, 1.82) is 0 Å². The Morgan fingerprint density at radius 1 is 1.22 bits per heavy atom. The van der Waals surface area contributed by atoms with Crippen molar-refractivity contribution in [2.45, 2.75) is 90.1 Å². The van der Waals surface area contributed by atoms with Crippen molar-refractivity contribution in [3.63, 3.8) is 0 Å². The molecule has 0 amide bonds. The summed E-state index contributed by atoms with van der Waals surface area (Å²) in [5, 5.41) is 13.3. The second-order valence-corrected chi connectivity index (χ2v) is 9.76. The Kier molecular flexibility index (Phi) is 8.04. The Morgan fingerprint density at radius 2 is 1.97 bits per heavy atom. The van der Waals surface area contributed by atoms with Crippen LogP contribution >= 0.6 is 0 Å². The van der Waals surface area contributed by atoms with Gasteiger partial charge in [0.15, 0.2) is 0 Å². The lowest BCUT2D eigenvalue weighted by molar-refractivity contribution is -0.155. The highest BCUT2D eigenvalue weighted by Crippen LogP contribution is 2.32. The van der Waals surface area contributed by atoms with Crippen LogP contribution in [0.2, 0.25) is 0 Å². The molecule has 32 heavy (non-hydrogen) atoms. The summed E-state index contributed by atoms with van der Waals surface area (Å²) in [6.45, 7) is 5.55. The standard InChI is InChI=1S/C25H34N2O5/c1-25(2,3)31-21(28)16-19(13-7-11-17-9-5-4-6-10-17)23-26-22(27-32-23)18-12-8-14-20(15-18)24(29)30/h8,12,14-15,17,19H,4-7,9-11,13,16H2,1-3H3,(H,29,30)/t19-/m0/s1. The van der Waals surface area contributed by atoms with Gasteiger partial charge in [0.1, 0.15) is 5.60 Å². The van der Waals surface area contributed by atoms with Crippen LogP contribution in [0.15, 0.2) is 28.8 Å². The fourth-order valence-corrected chi connectivity index (χ4v) is 4.34. The number of rotatable bonds is 9. The second-order valence-electron chi connectivity index (χ2n) is 9.76. The van der Waals surface area contributed by atoms with Crippen LogP contribution in [0, 0.1) is 5.92 Å². The predicted molar refractivity (Wildman–Crippen MR) is 120 cm³/mol. The summed E-state index contributed by atoms with van der Waals surface area (Å²) in [5.41, 5.74) is 0.172. The van der Waals surface area contributed by atoms with E-state index in [0.717, 1.165) is 25.2 Å². The minimum atomic E-state index is -1.01. The molecule has 1 aliphatic carbocycles. The van der Waals surface area contributed by atoms with Gasteiger partial charge in [0.25, 0.3) is 0 Å². The summed E-state index contributed by atoms with van der Waals surface area (Å²) < 4.78 is 11.1. The third-order valence-electron chi connectivity index (χ3n) is 5.88. The molecule has 0 saturated heterocycles. The summed E-state index contributed by atoms with van der Waals surface area (Å²) >= 11 is 0. The molecule has 1 aromatic heterocycles. The first-order valence-electron chi connectivity index (χ1n) is 11.6. The number of esters is 1.